The van der Waals surface area contributed by atoms with Gasteiger partial charge in [0, 0.05) is 18.9 Å². The van der Waals surface area contributed by atoms with E-state index in [1.165, 1.54) is 33.7 Å². The quantitative estimate of drug-likeness (QED) is 0.521. The van der Waals surface area contributed by atoms with Crippen molar-refractivity contribution in [1.82, 2.24) is 14.5 Å². The van der Waals surface area contributed by atoms with Crippen LogP contribution >= 0.6 is 0 Å². The normalized spacial score (nSPS) is 13.4. The molecule has 2 atom stereocenters. The molecule has 0 spiro atoms. The second kappa shape index (κ2) is 10.0. The molecule has 3 N–H and O–H groups in total. The predicted octanol–water partition coefficient (Wildman–Crippen LogP) is 1.57. The molecule has 0 fully saturated rings. The number of aryl methyl sites for hydroxylation is 2. The minimum Gasteiger partial charge on any atom is -0.480 e. The third-order valence-corrected chi connectivity index (χ3v) is 4.53. The zero-order chi connectivity index (χ0) is 21.6. The molecule has 2 unspecified atom stereocenters. The molecule has 158 valence electrons. The lowest BCUT2D eigenvalue weighted by molar-refractivity contribution is -0.143. The van der Waals surface area contributed by atoms with E-state index in [0.29, 0.717) is 13.0 Å². The maximum absolute atomic E-state index is 13.3. The van der Waals surface area contributed by atoms with Gasteiger partial charge in [-0.25, -0.2) is 9.18 Å². The monoisotopic (exact) mass is 407 g/mol. The summed E-state index contributed by atoms with van der Waals surface area (Å²) in [7, 11) is 0. The van der Waals surface area contributed by atoms with E-state index in [4.69, 9.17) is 0 Å². The Balaban J connectivity index is 2.07. The molecule has 1 aromatic heterocycles. The fourth-order valence-electron chi connectivity index (χ4n) is 3.06. The van der Waals surface area contributed by atoms with Gasteiger partial charge in [0.25, 0.3) is 0 Å². The van der Waals surface area contributed by atoms with Crippen molar-refractivity contribution < 1.29 is 24.2 Å². The first-order chi connectivity index (χ1) is 13.7. The summed E-state index contributed by atoms with van der Waals surface area (Å²) in [4.78, 5) is 35.5. The van der Waals surface area contributed by atoms with Gasteiger partial charge in [-0.05, 0) is 36.5 Å². The van der Waals surface area contributed by atoms with Crippen LogP contribution in [0.5, 0.6) is 0 Å². The molecule has 0 amide bonds. The summed E-state index contributed by atoms with van der Waals surface area (Å²) >= 11 is 0. The van der Waals surface area contributed by atoms with E-state index in [1.807, 2.05) is 13.8 Å². The standard InChI is InChI=1S/C20H26FN3O5/c1-13(2)10-16(18(25)26)22-17(19(27)28)12-24-9-8-23(20(24)29)7-6-14-4-3-5-15(21)11-14/h3-5,8-9,11,13,16-17,22H,6-7,10,12H2,1-2H3,(H,25,26)(H,27,28). The van der Waals surface area contributed by atoms with E-state index in [2.05, 4.69) is 5.32 Å². The van der Waals surface area contributed by atoms with Crippen molar-refractivity contribution in [3.63, 3.8) is 0 Å². The van der Waals surface area contributed by atoms with Crippen molar-refractivity contribution in [2.24, 2.45) is 5.92 Å². The topological polar surface area (TPSA) is 114 Å². The number of aromatic nitrogens is 2. The number of aliphatic carboxylic acids is 2. The van der Waals surface area contributed by atoms with Crippen molar-refractivity contribution >= 4 is 11.9 Å². The fraction of sp³-hybridized carbons (Fsp3) is 0.450. The van der Waals surface area contributed by atoms with Crippen LogP contribution < -0.4 is 11.0 Å². The highest BCUT2D eigenvalue weighted by atomic mass is 19.1. The Morgan fingerprint density at radius 3 is 2.34 bits per heavy atom. The molecule has 0 aliphatic carbocycles. The highest BCUT2D eigenvalue weighted by Crippen LogP contribution is 2.08. The van der Waals surface area contributed by atoms with Crippen molar-refractivity contribution in [1.29, 1.82) is 0 Å². The van der Waals surface area contributed by atoms with Crippen LogP contribution in [0.25, 0.3) is 0 Å². The zero-order valence-corrected chi connectivity index (χ0v) is 16.4. The molecule has 0 aliphatic rings. The summed E-state index contributed by atoms with van der Waals surface area (Å²) in [6, 6.07) is 3.84. The zero-order valence-electron chi connectivity index (χ0n) is 16.4. The highest BCUT2D eigenvalue weighted by molar-refractivity contribution is 5.77. The maximum atomic E-state index is 13.3. The average molecular weight is 407 g/mol. The molecule has 2 rings (SSSR count). The Morgan fingerprint density at radius 1 is 1.10 bits per heavy atom. The average Bonchev–Trinajstić information content (AvgIpc) is 2.98. The third-order valence-electron chi connectivity index (χ3n) is 4.53. The first-order valence-corrected chi connectivity index (χ1v) is 9.39. The van der Waals surface area contributed by atoms with Gasteiger partial charge in [-0.2, -0.15) is 0 Å². The summed E-state index contributed by atoms with van der Waals surface area (Å²) < 4.78 is 15.9. The SMILES string of the molecule is CC(C)CC(NC(Cn1ccn(CCc2cccc(F)c2)c1=O)C(=O)O)C(=O)O. The molecule has 29 heavy (non-hydrogen) atoms. The number of rotatable bonds is 11. The second-order valence-corrected chi connectivity index (χ2v) is 7.38. The van der Waals surface area contributed by atoms with Crippen LogP contribution in [-0.4, -0.2) is 43.4 Å². The number of nitrogens with zero attached hydrogens (tertiary/aromatic N) is 2. The number of hydrogen-bond acceptors (Lipinski definition) is 4. The van der Waals surface area contributed by atoms with Crippen LogP contribution in [0, 0.1) is 11.7 Å². The largest absolute Gasteiger partial charge is 0.480 e. The number of carboxylic acid groups (broad SMARTS) is 2. The number of carbonyl (C=O) groups is 2. The van der Waals surface area contributed by atoms with Gasteiger partial charge in [0.2, 0.25) is 0 Å². The summed E-state index contributed by atoms with van der Waals surface area (Å²) in [5.74, 6) is -2.66. The van der Waals surface area contributed by atoms with Gasteiger partial charge in [-0.3, -0.25) is 24.0 Å². The first kappa shape index (κ1) is 22.4. The summed E-state index contributed by atoms with van der Waals surface area (Å²) in [6.07, 6.45) is 3.70. The Hall–Kier alpha value is -2.94. The Labute approximate surface area is 167 Å². The van der Waals surface area contributed by atoms with E-state index in [-0.39, 0.29) is 24.7 Å². The smallest absolute Gasteiger partial charge is 0.328 e. The molecule has 0 radical (unpaired) electrons. The molecular weight excluding hydrogens is 381 g/mol. The van der Waals surface area contributed by atoms with E-state index in [0.717, 1.165) is 5.56 Å². The van der Waals surface area contributed by atoms with Crippen molar-refractivity contribution in [3.05, 3.63) is 58.5 Å². The molecule has 1 aromatic carbocycles. The highest BCUT2D eigenvalue weighted by Gasteiger charge is 2.27. The summed E-state index contributed by atoms with van der Waals surface area (Å²) in [5, 5.41) is 21.4. The van der Waals surface area contributed by atoms with E-state index in [9.17, 15) is 29.0 Å². The Kier molecular flexibility index (Phi) is 7.72. The van der Waals surface area contributed by atoms with Crippen molar-refractivity contribution in [2.45, 2.75) is 51.9 Å². The van der Waals surface area contributed by atoms with Gasteiger partial charge < -0.3 is 10.2 Å². The summed E-state index contributed by atoms with van der Waals surface area (Å²) in [6.45, 7) is 3.79. The Bertz CT molecular complexity index is 906. The number of benzene rings is 1. The number of nitrogens with one attached hydrogen (secondary N) is 1. The van der Waals surface area contributed by atoms with Crippen molar-refractivity contribution in [2.75, 3.05) is 0 Å². The Morgan fingerprint density at radius 2 is 1.76 bits per heavy atom. The molecule has 0 saturated carbocycles. The molecule has 1 heterocycles. The van der Waals surface area contributed by atoms with Crippen LogP contribution in [0.4, 0.5) is 4.39 Å². The predicted molar refractivity (Wildman–Crippen MR) is 104 cm³/mol. The van der Waals surface area contributed by atoms with Crippen LogP contribution in [0.2, 0.25) is 0 Å². The number of halogens is 1. The van der Waals surface area contributed by atoms with Gasteiger partial charge >= 0.3 is 17.6 Å². The lowest BCUT2D eigenvalue weighted by atomic mass is 10.0. The fourth-order valence-corrected chi connectivity index (χ4v) is 3.06. The lowest BCUT2D eigenvalue weighted by Gasteiger charge is -2.21. The third kappa shape index (κ3) is 6.56. The molecule has 2 aromatic rings. The van der Waals surface area contributed by atoms with Crippen LogP contribution in [-0.2, 0) is 29.1 Å². The molecule has 8 nitrogen and oxygen atoms in total. The van der Waals surface area contributed by atoms with Gasteiger partial charge in [0.1, 0.15) is 17.9 Å². The van der Waals surface area contributed by atoms with Gasteiger partial charge in [0.05, 0.1) is 6.54 Å². The number of imidazole rings is 1. The minimum absolute atomic E-state index is 0.0599. The summed E-state index contributed by atoms with van der Waals surface area (Å²) in [5.41, 5.74) is 0.331. The first-order valence-electron chi connectivity index (χ1n) is 9.39. The van der Waals surface area contributed by atoms with Gasteiger partial charge in [-0.1, -0.05) is 26.0 Å². The molecule has 0 bridgehead atoms. The second-order valence-electron chi connectivity index (χ2n) is 7.38. The lowest BCUT2D eigenvalue weighted by Crippen LogP contribution is -2.50. The maximum Gasteiger partial charge on any atom is 0.328 e. The molecule has 0 aliphatic heterocycles. The van der Waals surface area contributed by atoms with E-state index < -0.39 is 29.7 Å². The van der Waals surface area contributed by atoms with Gasteiger partial charge in [0.15, 0.2) is 0 Å². The number of hydrogen-bond donors (Lipinski definition) is 3. The van der Waals surface area contributed by atoms with E-state index >= 15 is 0 Å². The molecular formula is C20H26FN3O5. The number of carboxylic acids is 2. The van der Waals surface area contributed by atoms with Crippen LogP contribution in [0.3, 0.4) is 0 Å². The minimum atomic E-state index is -1.24. The van der Waals surface area contributed by atoms with Crippen LogP contribution in [0.1, 0.15) is 25.8 Å². The van der Waals surface area contributed by atoms with Gasteiger partial charge in [-0.15, -0.1) is 0 Å². The molecule has 0 saturated heterocycles. The molecule has 9 heteroatoms. The van der Waals surface area contributed by atoms with Crippen LogP contribution in [0.15, 0.2) is 41.5 Å². The van der Waals surface area contributed by atoms with E-state index in [1.54, 1.807) is 12.1 Å². The van der Waals surface area contributed by atoms with Crippen molar-refractivity contribution in [3.8, 4) is 0 Å².